The zero-order valence-electron chi connectivity index (χ0n) is 13.5. The molecule has 1 fully saturated rings. The molecule has 1 aliphatic rings. The van der Waals surface area contributed by atoms with Crippen molar-refractivity contribution in [3.05, 3.63) is 29.3 Å². The fourth-order valence-electron chi connectivity index (χ4n) is 2.49. The minimum Gasteiger partial charge on any atom is -0.371 e. The average Bonchev–Trinajstić information content (AvgIpc) is 2.46. The molecule has 1 heterocycles. The van der Waals surface area contributed by atoms with E-state index in [0.29, 0.717) is 25.9 Å². The molecular weight excluding hydrogens is 418 g/mol. The topological polar surface area (TPSA) is 111 Å². The van der Waals surface area contributed by atoms with E-state index in [4.69, 9.17) is 17.2 Å². The zero-order chi connectivity index (χ0) is 17.2. The number of halogens is 6. The lowest BCUT2D eigenvalue weighted by Crippen LogP contribution is -2.40. The van der Waals surface area contributed by atoms with Crippen molar-refractivity contribution in [2.45, 2.75) is 25.1 Å². The summed E-state index contributed by atoms with van der Waals surface area (Å²) in [7, 11) is 0. The van der Waals surface area contributed by atoms with Gasteiger partial charge >= 0.3 is 6.18 Å². The molecule has 1 aromatic carbocycles. The molecule has 6 nitrogen and oxygen atoms in total. The van der Waals surface area contributed by atoms with Crippen LogP contribution in [0, 0.1) is 0 Å². The number of nitrogens with two attached hydrogens (primary N) is 3. The number of nitrogens with zero attached hydrogens (tertiary/aromatic N) is 2. The van der Waals surface area contributed by atoms with Gasteiger partial charge < -0.3 is 22.1 Å². The third-order valence-corrected chi connectivity index (χ3v) is 3.66. The Bertz CT molecular complexity index is 631. The number of rotatable bonds is 2. The van der Waals surface area contributed by atoms with E-state index in [1.54, 1.807) is 4.90 Å². The maximum Gasteiger partial charge on any atom is 0.418 e. The van der Waals surface area contributed by atoms with Gasteiger partial charge in [-0.3, -0.25) is 4.79 Å². The van der Waals surface area contributed by atoms with Crippen LogP contribution in [0.2, 0.25) is 0 Å². The molecule has 0 unspecified atom stereocenters. The molecule has 0 aromatic heterocycles. The molecule has 1 amide bonds. The molecule has 6 N–H and O–H groups in total. The molecule has 2 rings (SSSR count). The molecule has 0 aliphatic carbocycles. The number of carbonyl (C=O) groups is 1. The summed E-state index contributed by atoms with van der Waals surface area (Å²) in [6.07, 6.45) is -3.36. The van der Waals surface area contributed by atoms with Gasteiger partial charge in [0.2, 0.25) is 0 Å². The van der Waals surface area contributed by atoms with Crippen LogP contribution in [-0.2, 0) is 6.18 Å². The first kappa shape index (κ1) is 26.8. The Morgan fingerprint density at radius 2 is 1.65 bits per heavy atom. The van der Waals surface area contributed by atoms with Crippen molar-refractivity contribution in [3.8, 4) is 0 Å². The van der Waals surface area contributed by atoms with Crippen LogP contribution < -0.4 is 22.1 Å². The first-order valence-electron chi connectivity index (χ1n) is 7.04. The summed E-state index contributed by atoms with van der Waals surface area (Å²) in [6.45, 7) is 0.872. The minimum absolute atomic E-state index is 0. The van der Waals surface area contributed by atoms with Gasteiger partial charge in [-0.1, -0.05) is 0 Å². The summed E-state index contributed by atoms with van der Waals surface area (Å²) in [5.74, 6) is -1.42. The second-order valence-electron chi connectivity index (χ2n) is 5.40. The van der Waals surface area contributed by atoms with Crippen molar-refractivity contribution in [2.75, 3.05) is 18.0 Å². The first-order chi connectivity index (χ1) is 10.7. The van der Waals surface area contributed by atoms with Crippen LogP contribution in [0.4, 0.5) is 18.9 Å². The number of guanidine groups is 1. The van der Waals surface area contributed by atoms with E-state index >= 15 is 0 Å². The predicted octanol–water partition coefficient (Wildman–Crippen LogP) is 2.31. The van der Waals surface area contributed by atoms with Crippen molar-refractivity contribution in [2.24, 2.45) is 22.2 Å². The van der Waals surface area contributed by atoms with Crippen molar-refractivity contribution >= 4 is 54.8 Å². The third-order valence-electron chi connectivity index (χ3n) is 3.66. The van der Waals surface area contributed by atoms with Crippen LogP contribution in [0.3, 0.4) is 0 Å². The van der Waals surface area contributed by atoms with Crippen LogP contribution in [0.1, 0.15) is 28.8 Å². The number of hydrogen-bond acceptors (Lipinski definition) is 3. The largest absolute Gasteiger partial charge is 0.418 e. The molecule has 0 saturated carbocycles. The molecule has 12 heteroatoms. The maximum atomic E-state index is 13.3. The Labute approximate surface area is 167 Å². The van der Waals surface area contributed by atoms with Crippen LogP contribution in [0.15, 0.2) is 23.2 Å². The second-order valence-corrected chi connectivity index (χ2v) is 5.40. The zero-order valence-corrected chi connectivity index (χ0v) is 16.0. The number of benzene rings is 1. The van der Waals surface area contributed by atoms with Gasteiger partial charge in [-0.25, -0.2) is 0 Å². The quantitative estimate of drug-likeness (QED) is 0.485. The van der Waals surface area contributed by atoms with Gasteiger partial charge in [-0.05, 0) is 31.0 Å². The molecular formula is C14H21Cl3F3N5O. The average molecular weight is 439 g/mol. The van der Waals surface area contributed by atoms with E-state index in [1.807, 2.05) is 0 Å². The summed E-state index contributed by atoms with van der Waals surface area (Å²) in [6, 6.07) is 3.34. The number of alkyl halides is 3. The molecule has 1 saturated heterocycles. The molecule has 150 valence electrons. The predicted molar refractivity (Wildman–Crippen MR) is 103 cm³/mol. The van der Waals surface area contributed by atoms with Gasteiger partial charge in [0.05, 0.1) is 5.56 Å². The standard InChI is InChI=1S/C14H18F3N5O.3ClH/c15-14(16,17)10-7-8(12(23)21-13(19)20)1-2-11(10)22-5-3-9(18)4-6-22;;;/h1-2,7,9H,3-6,18H2,(H4,19,20,21,23);3*1H. The van der Waals surface area contributed by atoms with E-state index in [1.165, 1.54) is 12.1 Å². The molecule has 0 bridgehead atoms. The minimum atomic E-state index is -4.59. The Hall–Kier alpha value is -1.42. The summed E-state index contributed by atoms with van der Waals surface area (Å²) < 4.78 is 40.0. The smallest absolute Gasteiger partial charge is 0.371 e. The molecule has 0 radical (unpaired) electrons. The summed E-state index contributed by atoms with van der Waals surface area (Å²) in [5, 5.41) is 0. The fraction of sp³-hybridized carbons (Fsp3) is 0.429. The number of anilines is 1. The normalized spacial score (nSPS) is 14.4. The highest BCUT2D eigenvalue weighted by Gasteiger charge is 2.36. The monoisotopic (exact) mass is 437 g/mol. The van der Waals surface area contributed by atoms with Crippen molar-refractivity contribution in [3.63, 3.8) is 0 Å². The number of aliphatic imine (C=N–C) groups is 1. The Balaban J connectivity index is 0. The van der Waals surface area contributed by atoms with Crippen LogP contribution in [0.25, 0.3) is 0 Å². The van der Waals surface area contributed by atoms with Crippen molar-refractivity contribution in [1.29, 1.82) is 0 Å². The van der Waals surface area contributed by atoms with E-state index in [9.17, 15) is 18.0 Å². The van der Waals surface area contributed by atoms with Gasteiger partial charge in [-0.2, -0.15) is 18.2 Å². The van der Waals surface area contributed by atoms with Gasteiger partial charge in [-0.15, -0.1) is 37.2 Å². The van der Waals surface area contributed by atoms with E-state index in [0.717, 1.165) is 6.07 Å². The Morgan fingerprint density at radius 1 is 1.12 bits per heavy atom. The second kappa shape index (κ2) is 10.7. The highest BCUT2D eigenvalue weighted by Crippen LogP contribution is 2.38. The van der Waals surface area contributed by atoms with Crippen LogP contribution in [0.5, 0.6) is 0 Å². The van der Waals surface area contributed by atoms with E-state index in [-0.39, 0.29) is 54.5 Å². The lowest BCUT2D eigenvalue weighted by Gasteiger charge is -2.33. The Morgan fingerprint density at radius 3 is 2.12 bits per heavy atom. The fourth-order valence-corrected chi connectivity index (χ4v) is 2.49. The van der Waals surface area contributed by atoms with Crippen LogP contribution >= 0.6 is 37.2 Å². The van der Waals surface area contributed by atoms with Crippen molar-refractivity contribution < 1.29 is 18.0 Å². The van der Waals surface area contributed by atoms with E-state index in [2.05, 4.69) is 4.99 Å². The molecule has 1 aromatic rings. The molecule has 0 spiro atoms. The summed E-state index contributed by atoms with van der Waals surface area (Å²) in [4.78, 5) is 16.6. The van der Waals surface area contributed by atoms with Gasteiger partial charge in [0.15, 0.2) is 5.96 Å². The van der Waals surface area contributed by atoms with E-state index < -0.39 is 23.6 Å². The van der Waals surface area contributed by atoms with Gasteiger partial charge in [0, 0.05) is 30.4 Å². The summed E-state index contributed by atoms with van der Waals surface area (Å²) in [5.41, 5.74) is 14.9. The SMILES string of the molecule is Cl.Cl.Cl.NC(N)=NC(=O)c1ccc(N2CCC(N)CC2)c(C(F)(F)F)c1. The van der Waals surface area contributed by atoms with Crippen LogP contribution in [-0.4, -0.2) is 31.0 Å². The lowest BCUT2D eigenvalue weighted by atomic mass is 10.0. The maximum absolute atomic E-state index is 13.3. The molecule has 1 aliphatic heterocycles. The number of amides is 1. The highest BCUT2D eigenvalue weighted by molar-refractivity contribution is 6.02. The first-order valence-corrected chi connectivity index (χ1v) is 7.04. The number of carbonyl (C=O) groups excluding carboxylic acids is 1. The third kappa shape index (κ3) is 6.71. The number of piperidine rings is 1. The molecule has 26 heavy (non-hydrogen) atoms. The lowest BCUT2D eigenvalue weighted by molar-refractivity contribution is -0.137. The molecule has 0 atom stereocenters. The highest BCUT2D eigenvalue weighted by atomic mass is 35.5. The Kier molecular flexibility index (Phi) is 11.0. The van der Waals surface area contributed by atoms with Gasteiger partial charge in [0.25, 0.3) is 5.91 Å². The van der Waals surface area contributed by atoms with Gasteiger partial charge in [0.1, 0.15) is 0 Å². The van der Waals surface area contributed by atoms with Crippen molar-refractivity contribution in [1.82, 2.24) is 0 Å². The summed E-state index contributed by atoms with van der Waals surface area (Å²) >= 11 is 0. The number of hydrogen-bond donors (Lipinski definition) is 3.